The van der Waals surface area contributed by atoms with Gasteiger partial charge in [0.05, 0.1) is 18.6 Å². The van der Waals surface area contributed by atoms with Gasteiger partial charge in [-0.2, -0.15) is 8.78 Å². The highest BCUT2D eigenvalue weighted by Crippen LogP contribution is 2.27. The molecule has 0 aliphatic heterocycles. The lowest BCUT2D eigenvalue weighted by molar-refractivity contribution is -0.149. The van der Waals surface area contributed by atoms with Gasteiger partial charge in [0.2, 0.25) is 17.5 Å². The summed E-state index contributed by atoms with van der Waals surface area (Å²) in [5.74, 6) is -12.9. The highest BCUT2D eigenvalue weighted by molar-refractivity contribution is 6.40. The number of ether oxygens (including phenoxy) is 3. The minimum atomic E-state index is -1.89. The quantitative estimate of drug-likeness (QED) is 0.0803. The summed E-state index contributed by atoms with van der Waals surface area (Å²) in [5.41, 5.74) is 1.21. The van der Waals surface area contributed by atoms with Crippen LogP contribution in [0.25, 0.3) is 0 Å². The molecule has 3 unspecified atom stereocenters. The van der Waals surface area contributed by atoms with E-state index in [1.165, 1.54) is 12.1 Å². The van der Waals surface area contributed by atoms with E-state index < -0.39 is 95.9 Å². The molecule has 0 fully saturated rings. The van der Waals surface area contributed by atoms with E-state index in [9.17, 15) is 41.8 Å². The zero-order valence-corrected chi connectivity index (χ0v) is 27.1. The summed E-state index contributed by atoms with van der Waals surface area (Å²) in [6.45, 7) is 5.46. The van der Waals surface area contributed by atoms with E-state index in [4.69, 9.17) is 14.2 Å². The highest BCUT2D eigenvalue weighted by Gasteiger charge is 2.33. The fraction of sp³-hybridized carbons (Fsp3) is 0.353. The molecule has 3 rings (SSSR count). The number of carbonyl (C=O) groups is 4. The maximum absolute atomic E-state index is 14.1. The topological polar surface area (TPSA) is 152 Å². The fourth-order valence-corrected chi connectivity index (χ4v) is 4.31. The molecule has 0 saturated carbocycles. The number of hydrogen-bond acceptors (Lipinski definition) is 8. The summed E-state index contributed by atoms with van der Waals surface area (Å²) in [4.78, 5) is 51.2. The van der Waals surface area contributed by atoms with Gasteiger partial charge in [0.1, 0.15) is 31.1 Å². The Balaban J connectivity index is 1.65. The maximum atomic E-state index is 14.1. The van der Waals surface area contributed by atoms with Gasteiger partial charge in [-0.1, -0.05) is 44.2 Å². The zero-order chi connectivity index (χ0) is 36.2. The molecular weight excluding hydrogens is 654 g/mol. The summed E-state index contributed by atoms with van der Waals surface area (Å²) in [6, 6.07) is 12.7. The third-order valence-electron chi connectivity index (χ3n) is 6.82. The first kappa shape index (κ1) is 38.3. The van der Waals surface area contributed by atoms with Crippen molar-refractivity contribution >= 4 is 29.4 Å². The van der Waals surface area contributed by atoms with Crippen molar-refractivity contribution in [2.45, 2.75) is 65.0 Å². The number of anilines is 1. The van der Waals surface area contributed by atoms with Gasteiger partial charge in [0.25, 0.3) is 0 Å². The number of aliphatic hydroxyl groups excluding tert-OH is 1. The van der Waals surface area contributed by atoms with Crippen molar-refractivity contribution in [2.24, 2.45) is 5.92 Å². The molecule has 3 atom stereocenters. The average Bonchev–Trinajstić information content (AvgIpc) is 3.05. The largest absolute Gasteiger partial charge is 0.489 e. The number of nitrogens with one attached hydrogen (secondary N) is 3. The second-order valence-electron chi connectivity index (χ2n) is 11.5. The van der Waals surface area contributed by atoms with Gasteiger partial charge in [-0.3, -0.25) is 19.2 Å². The standard InChI is InChI=1S/C34H37F4N3O8/c1-18(2)30(41-34(46)33(45)39-21-10-12-22(13-11-21)47-16-20-8-6-5-7-9-20)32(44)40-25(15-27(43)49-19(3)4)26(42)17-48-31-28(37)23(35)14-24(36)29(31)38/h5-14,18-19,25-26,30,42H,15-17H2,1-4H3,(H,39,45)(H,40,44)(H,41,46). The second kappa shape index (κ2) is 17.8. The van der Waals surface area contributed by atoms with Gasteiger partial charge in [0, 0.05) is 11.8 Å². The predicted molar refractivity (Wildman–Crippen MR) is 168 cm³/mol. The summed E-state index contributed by atoms with van der Waals surface area (Å²) in [6.07, 6.45) is -3.16. The van der Waals surface area contributed by atoms with Crippen LogP contribution in [0.4, 0.5) is 23.2 Å². The van der Waals surface area contributed by atoms with Gasteiger partial charge in [-0.15, -0.1) is 0 Å². The Morgan fingerprint density at radius 2 is 1.41 bits per heavy atom. The highest BCUT2D eigenvalue weighted by atomic mass is 19.2. The molecule has 3 amide bonds. The zero-order valence-electron chi connectivity index (χ0n) is 27.1. The van der Waals surface area contributed by atoms with Crippen LogP contribution in [0.1, 0.15) is 39.7 Å². The SMILES string of the molecule is CC(C)OC(=O)CC(NC(=O)C(NC(=O)C(=O)Nc1ccc(OCc2ccccc2)cc1)C(C)C)C(O)COc1c(F)c(F)cc(F)c1F. The van der Waals surface area contributed by atoms with Crippen LogP contribution >= 0.6 is 0 Å². The normalized spacial score (nSPS) is 12.9. The Kier molecular flexibility index (Phi) is 13.9. The van der Waals surface area contributed by atoms with Gasteiger partial charge in [0.15, 0.2) is 17.4 Å². The fourth-order valence-electron chi connectivity index (χ4n) is 4.31. The van der Waals surface area contributed by atoms with Crippen molar-refractivity contribution in [1.29, 1.82) is 0 Å². The molecular formula is C34H37F4N3O8. The third-order valence-corrected chi connectivity index (χ3v) is 6.82. The molecule has 15 heteroatoms. The lowest BCUT2D eigenvalue weighted by Gasteiger charge is -2.28. The Morgan fingerprint density at radius 3 is 1.98 bits per heavy atom. The Morgan fingerprint density at radius 1 is 0.796 bits per heavy atom. The van der Waals surface area contributed by atoms with Crippen LogP contribution in [0.3, 0.4) is 0 Å². The number of amides is 3. The maximum Gasteiger partial charge on any atom is 0.313 e. The summed E-state index contributed by atoms with van der Waals surface area (Å²) < 4.78 is 70.9. The van der Waals surface area contributed by atoms with Crippen molar-refractivity contribution in [3.63, 3.8) is 0 Å². The number of hydrogen-bond donors (Lipinski definition) is 4. The average molecular weight is 692 g/mol. The monoisotopic (exact) mass is 691 g/mol. The summed E-state index contributed by atoms with van der Waals surface area (Å²) in [5, 5.41) is 17.8. The molecule has 264 valence electrons. The van der Waals surface area contributed by atoms with Crippen LogP contribution in [-0.4, -0.2) is 59.7 Å². The van der Waals surface area contributed by atoms with Gasteiger partial charge >= 0.3 is 17.8 Å². The molecule has 4 N–H and O–H groups in total. The molecule has 0 heterocycles. The van der Waals surface area contributed by atoms with Crippen LogP contribution in [0.2, 0.25) is 0 Å². The summed E-state index contributed by atoms with van der Waals surface area (Å²) in [7, 11) is 0. The molecule has 0 aliphatic carbocycles. The van der Waals surface area contributed by atoms with E-state index in [1.807, 2.05) is 30.3 Å². The van der Waals surface area contributed by atoms with E-state index in [0.29, 0.717) is 12.4 Å². The minimum Gasteiger partial charge on any atom is -0.489 e. The van der Waals surface area contributed by atoms with Crippen LogP contribution < -0.4 is 25.4 Å². The molecule has 0 bridgehead atoms. The number of halogens is 4. The van der Waals surface area contributed by atoms with E-state index in [0.717, 1.165) is 5.56 Å². The number of aliphatic hydroxyl groups is 1. The summed E-state index contributed by atoms with van der Waals surface area (Å²) >= 11 is 0. The number of benzene rings is 3. The number of esters is 1. The van der Waals surface area contributed by atoms with Crippen LogP contribution in [0, 0.1) is 29.2 Å². The molecule has 0 spiro atoms. The molecule has 0 aliphatic rings. The predicted octanol–water partition coefficient (Wildman–Crippen LogP) is 4.17. The first-order chi connectivity index (χ1) is 23.2. The number of carbonyl (C=O) groups excluding carboxylic acids is 4. The molecule has 0 aromatic heterocycles. The van der Waals surface area contributed by atoms with E-state index in [-0.39, 0.29) is 11.8 Å². The van der Waals surface area contributed by atoms with Crippen molar-refractivity contribution < 1.29 is 56.1 Å². The van der Waals surface area contributed by atoms with Crippen molar-refractivity contribution in [3.05, 3.63) is 89.5 Å². The molecule has 3 aromatic carbocycles. The lowest BCUT2D eigenvalue weighted by atomic mass is 10.0. The smallest absolute Gasteiger partial charge is 0.313 e. The van der Waals surface area contributed by atoms with E-state index in [2.05, 4.69) is 16.0 Å². The van der Waals surface area contributed by atoms with E-state index in [1.54, 1.807) is 39.8 Å². The first-order valence-corrected chi connectivity index (χ1v) is 15.2. The molecule has 11 nitrogen and oxygen atoms in total. The Bertz CT molecular complexity index is 1580. The Labute approximate surface area is 279 Å². The molecule has 0 saturated heterocycles. The molecule has 49 heavy (non-hydrogen) atoms. The van der Waals surface area contributed by atoms with Crippen molar-refractivity contribution in [3.8, 4) is 11.5 Å². The van der Waals surface area contributed by atoms with Crippen LogP contribution in [0.5, 0.6) is 11.5 Å². The van der Waals surface area contributed by atoms with Crippen LogP contribution in [0.15, 0.2) is 60.7 Å². The minimum absolute atomic E-state index is 0.0294. The van der Waals surface area contributed by atoms with Gasteiger partial charge < -0.3 is 35.3 Å². The Hall–Kier alpha value is -5.18. The van der Waals surface area contributed by atoms with Crippen LogP contribution in [-0.2, 0) is 30.5 Å². The lowest BCUT2D eigenvalue weighted by Crippen LogP contribution is -2.57. The van der Waals surface area contributed by atoms with E-state index >= 15 is 0 Å². The van der Waals surface area contributed by atoms with Gasteiger partial charge in [-0.25, -0.2) is 8.78 Å². The second-order valence-corrected chi connectivity index (χ2v) is 11.5. The van der Waals surface area contributed by atoms with Gasteiger partial charge in [-0.05, 0) is 49.6 Å². The van der Waals surface area contributed by atoms with Crippen molar-refractivity contribution in [1.82, 2.24) is 10.6 Å². The molecule has 3 aromatic rings. The van der Waals surface area contributed by atoms with Crippen molar-refractivity contribution in [2.75, 3.05) is 11.9 Å². The first-order valence-electron chi connectivity index (χ1n) is 15.2. The molecule has 0 radical (unpaired) electrons. The number of rotatable bonds is 15. The third kappa shape index (κ3) is 11.5.